The topological polar surface area (TPSA) is 39.4 Å². The molecule has 0 spiro atoms. The van der Waals surface area contributed by atoms with Crippen molar-refractivity contribution in [2.75, 3.05) is 13.2 Å². The van der Waals surface area contributed by atoms with Crippen LogP contribution in [-0.2, 0) is 4.74 Å². The average molecular weight is 244 g/mol. The Morgan fingerprint density at radius 3 is 2.72 bits per heavy atom. The van der Waals surface area contributed by atoms with Gasteiger partial charge in [-0.1, -0.05) is 17.7 Å². The van der Waals surface area contributed by atoms with Gasteiger partial charge in [0.25, 0.3) is 0 Å². The molecule has 2 heterocycles. The summed E-state index contributed by atoms with van der Waals surface area (Å²) < 4.78 is 10.8. The van der Waals surface area contributed by atoms with Crippen LogP contribution in [-0.4, -0.2) is 13.2 Å². The maximum Gasteiger partial charge on any atom is 0.343 e. The third kappa shape index (κ3) is 2.06. The third-order valence-electron chi connectivity index (χ3n) is 3.56. The van der Waals surface area contributed by atoms with E-state index in [1.165, 1.54) is 0 Å². The van der Waals surface area contributed by atoms with Gasteiger partial charge in [0.2, 0.25) is 0 Å². The number of rotatable bonds is 1. The van der Waals surface area contributed by atoms with E-state index in [-0.39, 0.29) is 5.63 Å². The zero-order valence-corrected chi connectivity index (χ0v) is 10.4. The van der Waals surface area contributed by atoms with E-state index in [0.29, 0.717) is 11.3 Å². The van der Waals surface area contributed by atoms with Crippen LogP contribution < -0.4 is 5.63 Å². The first kappa shape index (κ1) is 11.5. The summed E-state index contributed by atoms with van der Waals surface area (Å²) in [6, 6.07) is 7.90. The van der Waals surface area contributed by atoms with E-state index in [2.05, 4.69) is 0 Å². The summed E-state index contributed by atoms with van der Waals surface area (Å²) in [5.74, 6) is 1.12. The number of ether oxygens (including phenoxy) is 1. The molecule has 1 aromatic carbocycles. The van der Waals surface area contributed by atoms with Gasteiger partial charge in [0.1, 0.15) is 5.76 Å². The molecule has 0 saturated carbocycles. The highest BCUT2D eigenvalue weighted by Crippen LogP contribution is 2.27. The van der Waals surface area contributed by atoms with Gasteiger partial charge in [-0.05, 0) is 37.3 Å². The van der Waals surface area contributed by atoms with Gasteiger partial charge in [0, 0.05) is 19.1 Å². The maximum absolute atomic E-state index is 12.0. The van der Waals surface area contributed by atoms with Crippen LogP contribution >= 0.6 is 0 Å². The summed E-state index contributed by atoms with van der Waals surface area (Å²) in [5, 5.41) is 1.64. The van der Waals surface area contributed by atoms with Crippen LogP contribution in [0.3, 0.4) is 0 Å². The molecule has 0 bridgehead atoms. The third-order valence-corrected chi connectivity index (χ3v) is 3.56. The molecule has 3 nitrogen and oxygen atoms in total. The fourth-order valence-electron chi connectivity index (χ4n) is 2.50. The molecular formula is C15H16O3. The van der Waals surface area contributed by atoms with Gasteiger partial charge >= 0.3 is 5.63 Å². The van der Waals surface area contributed by atoms with Crippen molar-refractivity contribution in [2.45, 2.75) is 25.7 Å². The van der Waals surface area contributed by atoms with Crippen molar-refractivity contribution >= 4 is 10.8 Å². The minimum atomic E-state index is -0.224. The number of hydrogen-bond acceptors (Lipinski definition) is 3. The number of aryl methyl sites for hydroxylation is 1. The molecule has 0 N–H and O–H groups in total. The lowest BCUT2D eigenvalue weighted by atomic mass is 9.96. The summed E-state index contributed by atoms with van der Waals surface area (Å²) in [7, 11) is 0. The number of hydrogen-bond donors (Lipinski definition) is 0. The molecule has 1 aromatic heterocycles. The molecule has 2 aromatic rings. The Balaban J connectivity index is 2.09. The maximum atomic E-state index is 12.0. The standard InChI is InChI=1S/C15H16O3/c1-10-2-3-12-9-14(11-4-6-17-7-5-11)18-15(16)13(12)8-10/h2-3,8-9,11H,4-7H2,1H3. The van der Waals surface area contributed by atoms with Gasteiger partial charge < -0.3 is 9.15 Å². The Kier molecular flexibility index (Phi) is 2.92. The monoisotopic (exact) mass is 244 g/mol. The van der Waals surface area contributed by atoms with E-state index >= 15 is 0 Å². The second-order valence-corrected chi connectivity index (χ2v) is 4.91. The van der Waals surface area contributed by atoms with Crippen molar-refractivity contribution in [3.63, 3.8) is 0 Å². The summed E-state index contributed by atoms with van der Waals surface area (Å²) in [6.07, 6.45) is 1.86. The molecule has 0 unspecified atom stereocenters. The fourth-order valence-corrected chi connectivity index (χ4v) is 2.50. The van der Waals surface area contributed by atoms with Gasteiger partial charge in [-0.25, -0.2) is 4.79 Å². The smallest absolute Gasteiger partial charge is 0.343 e. The first-order chi connectivity index (χ1) is 8.74. The molecule has 0 aliphatic carbocycles. The van der Waals surface area contributed by atoms with Crippen LogP contribution in [0.4, 0.5) is 0 Å². The fraction of sp³-hybridized carbons (Fsp3) is 0.400. The summed E-state index contributed by atoms with van der Waals surface area (Å²) in [6.45, 7) is 3.48. The van der Waals surface area contributed by atoms with Crippen LogP contribution in [0.2, 0.25) is 0 Å². The Bertz CT molecular complexity index is 621. The second-order valence-electron chi connectivity index (χ2n) is 4.91. The SMILES string of the molecule is Cc1ccc2cc(C3CCOCC3)oc(=O)c2c1. The van der Waals surface area contributed by atoms with E-state index in [9.17, 15) is 4.79 Å². The van der Waals surface area contributed by atoms with E-state index in [0.717, 1.165) is 42.8 Å². The van der Waals surface area contributed by atoms with E-state index in [1.807, 2.05) is 31.2 Å². The molecule has 3 heteroatoms. The van der Waals surface area contributed by atoms with Gasteiger partial charge in [-0.2, -0.15) is 0 Å². The van der Waals surface area contributed by atoms with Crippen LogP contribution in [0.5, 0.6) is 0 Å². The summed E-state index contributed by atoms with van der Waals surface area (Å²) in [4.78, 5) is 12.0. The second kappa shape index (κ2) is 4.58. The molecule has 0 atom stereocenters. The molecular weight excluding hydrogens is 228 g/mol. The predicted octanol–water partition coefficient (Wildman–Crippen LogP) is 3.00. The van der Waals surface area contributed by atoms with Crippen molar-refractivity contribution in [2.24, 2.45) is 0 Å². The molecule has 0 amide bonds. The van der Waals surface area contributed by atoms with E-state index < -0.39 is 0 Å². The van der Waals surface area contributed by atoms with Crippen LogP contribution in [0, 0.1) is 6.92 Å². The average Bonchev–Trinajstić information content (AvgIpc) is 2.40. The number of benzene rings is 1. The first-order valence-corrected chi connectivity index (χ1v) is 6.36. The van der Waals surface area contributed by atoms with Gasteiger partial charge in [0.15, 0.2) is 0 Å². The molecule has 3 rings (SSSR count). The van der Waals surface area contributed by atoms with E-state index in [4.69, 9.17) is 9.15 Å². The van der Waals surface area contributed by atoms with Crippen molar-refractivity contribution in [1.82, 2.24) is 0 Å². The first-order valence-electron chi connectivity index (χ1n) is 6.36. The largest absolute Gasteiger partial charge is 0.427 e. The quantitative estimate of drug-likeness (QED) is 0.774. The Hall–Kier alpha value is -1.61. The minimum absolute atomic E-state index is 0.224. The molecule has 1 saturated heterocycles. The number of fused-ring (bicyclic) bond motifs is 1. The lowest BCUT2D eigenvalue weighted by Crippen LogP contribution is -2.15. The molecule has 1 aliphatic heterocycles. The Labute approximate surface area is 105 Å². The lowest BCUT2D eigenvalue weighted by molar-refractivity contribution is 0.0800. The van der Waals surface area contributed by atoms with Crippen LogP contribution in [0.25, 0.3) is 10.8 Å². The zero-order chi connectivity index (χ0) is 12.5. The molecule has 1 aliphatic rings. The molecule has 18 heavy (non-hydrogen) atoms. The summed E-state index contributed by atoms with van der Waals surface area (Å²) >= 11 is 0. The highest BCUT2D eigenvalue weighted by atomic mass is 16.5. The Morgan fingerprint density at radius 2 is 1.94 bits per heavy atom. The van der Waals surface area contributed by atoms with Crippen molar-refractivity contribution in [3.8, 4) is 0 Å². The predicted molar refractivity (Wildman–Crippen MR) is 70.0 cm³/mol. The van der Waals surface area contributed by atoms with Gasteiger partial charge in [-0.15, -0.1) is 0 Å². The lowest BCUT2D eigenvalue weighted by Gasteiger charge is -2.20. The van der Waals surface area contributed by atoms with Crippen LogP contribution in [0.1, 0.15) is 30.1 Å². The van der Waals surface area contributed by atoms with Gasteiger partial charge in [-0.3, -0.25) is 0 Å². The van der Waals surface area contributed by atoms with Crippen molar-refractivity contribution in [1.29, 1.82) is 0 Å². The zero-order valence-electron chi connectivity index (χ0n) is 10.4. The molecule has 0 radical (unpaired) electrons. The van der Waals surface area contributed by atoms with Gasteiger partial charge in [0.05, 0.1) is 5.39 Å². The minimum Gasteiger partial charge on any atom is -0.427 e. The normalized spacial score (nSPS) is 17.2. The highest BCUT2D eigenvalue weighted by Gasteiger charge is 2.19. The van der Waals surface area contributed by atoms with Crippen molar-refractivity contribution in [3.05, 3.63) is 46.0 Å². The van der Waals surface area contributed by atoms with E-state index in [1.54, 1.807) is 0 Å². The Morgan fingerprint density at radius 1 is 1.17 bits per heavy atom. The van der Waals surface area contributed by atoms with Crippen molar-refractivity contribution < 1.29 is 9.15 Å². The molecule has 94 valence electrons. The highest BCUT2D eigenvalue weighted by molar-refractivity contribution is 5.82. The van der Waals surface area contributed by atoms with Crippen LogP contribution in [0.15, 0.2) is 33.5 Å². The molecule has 1 fully saturated rings. The summed E-state index contributed by atoms with van der Waals surface area (Å²) in [5.41, 5.74) is 0.853.